The van der Waals surface area contributed by atoms with Gasteiger partial charge in [-0.15, -0.1) is 0 Å². The molecule has 0 aromatic heterocycles. The standard InChI is InChI=1S/C10H7BrF3N/c1-6(5-15)8-3-2-7(4-9(8)11)10(12,13)14/h2-4,6H,1H3. The van der Waals surface area contributed by atoms with Gasteiger partial charge in [-0.3, -0.25) is 0 Å². The number of rotatable bonds is 1. The lowest BCUT2D eigenvalue weighted by atomic mass is 10.0. The number of hydrogen-bond donors (Lipinski definition) is 0. The summed E-state index contributed by atoms with van der Waals surface area (Å²) >= 11 is 3.03. The molecule has 0 aliphatic heterocycles. The van der Waals surface area contributed by atoms with E-state index in [0.29, 0.717) is 10.0 Å². The molecule has 0 radical (unpaired) electrons. The van der Waals surface area contributed by atoms with Crippen molar-refractivity contribution < 1.29 is 13.2 Å². The van der Waals surface area contributed by atoms with E-state index < -0.39 is 17.7 Å². The fourth-order valence-corrected chi connectivity index (χ4v) is 1.85. The molecule has 0 aliphatic carbocycles. The predicted octanol–water partition coefficient (Wildman–Crippen LogP) is 4.09. The molecular formula is C10H7BrF3N. The maximum Gasteiger partial charge on any atom is 0.416 e. The lowest BCUT2D eigenvalue weighted by Gasteiger charge is -2.10. The fraction of sp³-hybridized carbons (Fsp3) is 0.300. The van der Waals surface area contributed by atoms with Gasteiger partial charge in [0.1, 0.15) is 0 Å². The van der Waals surface area contributed by atoms with Crippen molar-refractivity contribution in [1.82, 2.24) is 0 Å². The minimum Gasteiger partial charge on any atom is -0.198 e. The molecule has 0 saturated heterocycles. The number of benzene rings is 1. The Kier molecular flexibility index (Phi) is 3.40. The van der Waals surface area contributed by atoms with Gasteiger partial charge in [0.05, 0.1) is 17.6 Å². The first-order chi connectivity index (χ1) is 6.86. The molecule has 0 saturated carbocycles. The number of alkyl halides is 3. The molecule has 0 bridgehead atoms. The Hall–Kier alpha value is -1.02. The van der Waals surface area contributed by atoms with E-state index in [2.05, 4.69) is 15.9 Å². The van der Waals surface area contributed by atoms with E-state index in [1.165, 1.54) is 6.07 Å². The summed E-state index contributed by atoms with van der Waals surface area (Å²) in [5.74, 6) is -0.429. The van der Waals surface area contributed by atoms with E-state index in [-0.39, 0.29) is 0 Å². The van der Waals surface area contributed by atoms with Gasteiger partial charge < -0.3 is 0 Å². The van der Waals surface area contributed by atoms with E-state index in [0.717, 1.165) is 12.1 Å². The first-order valence-electron chi connectivity index (χ1n) is 4.12. The quantitative estimate of drug-likeness (QED) is 0.758. The first-order valence-corrected chi connectivity index (χ1v) is 4.92. The third-order valence-corrected chi connectivity index (χ3v) is 2.67. The number of nitriles is 1. The second-order valence-electron chi connectivity index (χ2n) is 3.08. The molecule has 0 aliphatic rings. The third kappa shape index (κ3) is 2.72. The van der Waals surface area contributed by atoms with E-state index >= 15 is 0 Å². The molecule has 0 fully saturated rings. The summed E-state index contributed by atoms with van der Waals surface area (Å²) in [7, 11) is 0. The number of halogens is 4. The van der Waals surface area contributed by atoms with Gasteiger partial charge >= 0.3 is 6.18 Å². The van der Waals surface area contributed by atoms with Crippen molar-refractivity contribution in [3.63, 3.8) is 0 Å². The van der Waals surface area contributed by atoms with Crippen molar-refractivity contribution in [3.05, 3.63) is 33.8 Å². The van der Waals surface area contributed by atoms with Crippen LogP contribution in [0.4, 0.5) is 13.2 Å². The van der Waals surface area contributed by atoms with Crippen LogP contribution in [0.25, 0.3) is 0 Å². The van der Waals surface area contributed by atoms with Gasteiger partial charge in [-0.05, 0) is 24.6 Å². The van der Waals surface area contributed by atoms with Crippen molar-refractivity contribution in [3.8, 4) is 6.07 Å². The molecule has 15 heavy (non-hydrogen) atoms. The molecule has 5 heteroatoms. The monoisotopic (exact) mass is 277 g/mol. The zero-order chi connectivity index (χ0) is 11.6. The van der Waals surface area contributed by atoms with Crippen molar-refractivity contribution in [2.75, 3.05) is 0 Å². The van der Waals surface area contributed by atoms with E-state index in [9.17, 15) is 13.2 Å². The van der Waals surface area contributed by atoms with Crippen LogP contribution in [-0.4, -0.2) is 0 Å². The van der Waals surface area contributed by atoms with Gasteiger partial charge in [0.2, 0.25) is 0 Å². The van der Waals surface area contributed by atoms with Crippen LogP contribution in [0.3, 0.4) is 0 Å². The highest BCUT2D eigenvalue weighted by molar-refractivity contribution is 9.10. The lowest BCUT2D eigenvalue weighted by molar-refractivity contribution is -0.137. The largest absolute Gasteiger partial charge is 0.416 e. The summed E-state index contributed by atoms with van der Waals surface area (Å²) in [5, 5.41) is 8.65. The fourth-order valence-electron chi connectivity index (χ4n) is 1.12. The first kappa shape index (κ1) is 12.1. The Morgan fingerprint density at radius 3 is 2.40 bits per heavy atom. The average molecular weight is 278 g/mol. The molecule has 1 aromatic rings. The highest BCUT2D eigenvalue weighted by Gasteiger charge is 2.31. The highest BCUT2D eigenvalue weighted by Crippen LogP contribution is 2.34. The summed E-state index contributed by atoms with van der Waals surface area (Å²) in [6.45, 7) is 1.63. The zero-order valence-electron chi connectivity index (χ0n) is 7.77. The Labute approximate surface area is 93.6 Å². The molecular weight excluding hydrogens is 271 g/mol. The van der Waals surface area contributed by atoms with Crippen molar-refractivity contribution in [1.29, 1.82) is 5.26 Å². The van der Waals surface area contributed by atoms with Gasteiger partial charge in [-0.2, -0.15) is 18.4 Å². The summed E-state index contributed by atoms with van der Waals surface area (Å²) in [5.41, 5.74) is -0.159. The molecule has 1 unspecified atom stereocenters. The van der Waals surface area contributed by atoms with Crippen molar-refractivity contribution >= 4 is 15.9 Å². The normalized spacial score (nSPS) is 13.3. The third-order valence-electron chi connectivity index (χ3n) is 1.99. The summed E-state index contributed by atoms with van der Waals surface area (Å²) in [4.78, 5) is 0. The molecule has 0 N–H and O–H groups in total. The zero-order valence-corrected chi connectivity index (χ0v) is 9.35. The Morgan fingerprint density at radius 2 is 2.00 bits per heavy atom. The molecule has 1 aromatic carbocycles. The van der Waals surface area contributed by atoms with Crippen LogP contribution < -0.4 is 0 Å². The van der Waals surface area contributed by atoms with Gasteiger partial charge in [-0.1, -0.05) is 22.0 Å². The van der Waals surface area contributed by atoms with Crippen LogP contribution >= 0.6 is 15.9 Å². The Morgan fingerprint density at radius 1 is 1.40 bits per heavy atom. The van der Waals surface area contributed by atoms with Gasteiger partial charge in [-0.25, -0.2) is 0 Å². The maximum atomic E-state index is 12.3. The summed E-state index contributed by atoms with van der Waals surface area (Å²) in [6.07, 6.45) is -4.35. The van der Waals surface area contributed by atoms with Crippen molar-refractivity contribution in [2.24, 2.45) is 0 Å². The smallest absolute Gasteiger partial charge is 0.198 e. The Bertz CT molecular complexity index is 406. The maximum absolute atomic E-state index is 12.3. The van der Waals surface area contributed by atoms with Crippen LogP contribution in [0.15, 0.2) is 22.7 Å². The second kappa shape index (κ2) is 4.23. The van der Waals surface area contributed by atoms with Crippen LogP contribution in [-0.2, 0) is 6.18 Å². The molecule has 1 atom stereocenters. The molecule has 1 nitrogen and oxygen atoms in total. The minimum atomic E-state index is -4.35. The number of hydrogen-bond acceptors (Lipinski definition) is 1. The Balaban J connectivity index is 3.16. The van der Waals surface area contributed by atoms with Crippen LogP contribution in [0.2, 0.25) is 0 Å². The van der Waals surface area contributed by atoms with E-state index in [1.807, 2.05) is 6.07 Å². The molecule has 0 heterocycles. The van der Waals surface area contributed by atoms with Crippen LogP contribution in [0, 0.1) is 11.3 Å². The van der Waals surface area contributed by atoms with Crippen LogP contribution in [0.1, 0.15) is 24.0 Å². The average Bonchev–Trinajstić information content (AvgIpc) is 2.15. The molecule has 1 rings (SSSR count). The SMILES string of the molecule is CC(C#N)c1ccc(C(F)(F)F)cc1Br. The van der Waals surface area contributed by atoms with Crippen molar-refractivity contribution in [2.45, 2.75) is 19.0 Å². The van der Waals surface area contributed by atoms with E-state index in [1.54, 1.807) is 6.92 Å². The van der Waals surface area contributed by atoms with Crippen LogP contribution in [0.5, 0.6) is 0 Å². The molecule has 80 valence electrons. The topological polar surface area (TPSA) is 23.8 Å². The number of nitrogens with zero attached hydrogens (tertiary/aromatic N) is 1. The molecule has 0 spiro atoms. The highest BCUT2D eigenvalue weighted by atomic mass is 79.9. The van der Waals surface area contributed by atoms with Gasteiger partial charge in [0.25, 0.3) is 0 Å². The van der Waals surface area contributed by atoms with E-state index in [4.69, 9.17) is 5.26 Å². The summed E-state index contributed by atoms with van der Waals surface area (Å²) < 4.78 is 37.2. The predicted molar refractivity (Wildman–Crippen MR) is 53.2 cm³/mol. The van der Waals surface area contributed by atoms with Gasteiger partial charge in [0.15, 0.2) is 0 Å². The second-order valence-corrected chi connectivity index (χ2v) is 3.94. The molecule has 0 amide bonds. The summed E-state index contributed by atoms with van der Waals surface area (Å²) in [6, 6.07) is 5.26. The lowest BCUT2D eigenvalue weighted by Crippen LogP contribution is -2.05. The van der Waals surface area contributed by atoms with Gasteiger partial charge in [0, 0.05) is 4.47 Å². The minimum absolute atomic E-state index is 0.311.